The first-order valence-corrected chi connectivity index (χ1v) is 12.6. The topological polar surface area (TPSA) is 91.4 Å². The van der Waals surface area contributed by atoms with Crippen molar-refractivity contribution in [2.75, 3.05) is 59.8 Å². The number of benzene rings is 2. The number of fused-ring (bicyclic) bond motifs is 1. The van der Waals surface area contributed by atoms with Crippen molar-refractivity contribution in [2.24, 2.45) is 5.92 Å². The van der Waals surface area contributed by atoms with Crippen molar-refractivity contribution in [1.82, 2.24) is 14.7 Å². The highest BCUT2D eigenvalue weighted by molar-refractivity contribution is 6.05. The molecule has 0 fully saturated rings. The molecule has 0 aliphatic carbocycles. The average molecular weight is 529 g/mol. The summed E-state index contributed by atoms with van der Waals surface area (Å²) in [6.07, 6.45) is -0.288. The largest absolute Gasteiger partial charge is 0.491 e. The number of anilines is 1. The van der Waals surface area contributed by atoms with Gasteiger partial charge in [0, 0.05) is 50.5 Å². The van der Waals surface area contributed by atoms with Crippen molar-refractivity contribution in [3.63, 3.8) is 0 Å². The second-order valence-corrected chi connectivity index (χ2v) is 10.1. The van der Waals surface area contributed by atoms with E-state index in [9.17, 15) is 18.8 Å². The Balaban J connectivity index is 1.93. The van der Waals surface area contributed by atoms with Crippen LogP contribution in [-0.2, 0) is 9.53 Å². The second kappa shape index (κ2) is 12.8. The van der Waals surface area contributed by atoms with Crippen molar-refractivity contribution in [2.45, 2.75) is 26.0 Å². The Morgan fingerprint density at radius 2 is 1.82 bits per heavy atom. The maximum absolute atomic E-state index is 13.4. The maximum Gasteiger partial charge on any atom is 0.257 e. The molecule has 38 heavy (non-hydrogen) atoms. The Morgan fingerprint density at radius 1 is 1.13 bits per heavy atom. The predicted molar refractivity (Wildman–Crippen MR) is 143 cm³/mol. The first kappa shape index (κ1) is 29.1. The summed E-state index contributed by atoms with van der Waals surface area (Å²) in [4.78, 5) is 44.3. The molecule has 2 aromatic rings. The number of hydrogen-bond donors (Lipinski definition) is 1. The summed E-state index contributed by atoms with van der Waals surface area (Å²) >= 11 is 0. The number of methoxy groups -OCH3 is 1. The molecule has 3 rings (SSSR count). The lowest BCUT2D eigenvalue weighted by Gasteiger charge is -2.36. The summed E-state index contributed by atoms with van der Waals surface area (Å²) in [5, 5.41) is 2.77. The van der Waals surface area contributed by atoms with E-state index in [0.717, 1.165) is 0 Å². The molecule has 3 amide bonds. The number of carbonyl (C=O) groups is 3. The number of nitrogens with one attached hydrogen (secondary N) is 1. The summed E-state index contributed by atoms with van der Waals surface area (Å²) in [7, 11) is 6.98. The maximum atomic E-state index is 13.4. The normalized spacial score (nSPS) is 20.7. The van der Waals surface area contributed by atoms with Gasteiger partial charge in [0.1, 0.15) is 18.2 Å². The van der Waals surface area contributed by atoms with Gasteiger partial charge in [-0.25, -0.2) is 4.39 Å². The molecular weight excluding hydrogens is 491 g/mol. The van der Waals surface area contributed by atoms with Crippen LogP contribution in [-0.4, -0.2) is 99.1 Å². The first-order chi connectivity index (χ1) is 18.0. The number of nitrogens with zero attached hydrogens (tertiary/aromatic N) is 3. The number of halogens is 1. The molecule has 0 radical (unpaired) electrons. The van der Waals surface area contributed by atoms with Gasteiger partial charge in [0.25, 0.3) is 11.8 Å². The number of ether oxygens (including phenoxy) is 2. The minimum atomic E-state index is -0.435. The van der Waals surface area contributed by atoms with E-state index in [2.05, 4.69) is 5.32 Å². The van der Waals surface area contributed by atoms with E-state index in [-0.39, 0.29) is 48.8 Å². The van der Waals surface area contributed by atoms with Crippen LogP contribution in [0.4, 0.5) is 10.1 Å². The van der Waals surface area contributed by atoms with Gasteiger partial charge in [-0.15, -0.1) is 0 Å². The Hall–Kier alpha value is -3.50. The number of amides is 3. The van der Waals surface area contributed by atoms with Crippen LogP contribution < -0.4 is 10.1 Å². The van der Waals surface area contributed by atoms with Gasteiger partial charge in [-0.2, -0.15) is 0 Å². The van der Waals surface area contributed by atoms with Crippen LogP contribution in [0.1, 0.15) is 34.6 Å². The Morgan fingerprint density at radius 3 is 2.45 bits per heavy atom. The molecule has 0 unspecified atom stereocenters. The van der Waals surface area contributed by atoms with Gasteiger partial charge in [-0.3, -0.25) is 14.4 Å². The van der Waals surface area contributed by atoms with Gasteiger partial charge < -0.3 is 29.5 Å². The van der Waals surface area contributed by atoms with E-state index < -0.39 is 11.7 Å². The number of likely N-dealkylation sites (N-methyl/N-ethyl adjacent to an activating group) is 2. The smallest absolute Gasteiger partial charge is 0.257 e. The van der Waals surface area contributed by atoms with Crippen LogP contribution in [0.2, 0.25) is 0 Å². The Bertz CT molecular complexity index is 1140. The van der Waals surface area contributed by atoms with Crippen molar-refractivity contribution in [1.29, 1.82) is 0 Å². The van der Waals surface area contributed by atoms with Crippen molar-refractivity contribution >= 4 is 23.4 Å². The Labute approximate surface area is 223 Å². The standard InChI is InChI=1S/C28H37FN4O5/c1-18-14-33(26(34)16-31(3)4)19(2)17-38-24-13-22(30-27(35)20-7-9-21(29)10-8-20)11-12-23(24)28(36)32(5)15-25(18)37-6/h7-13,18-19,25H,14-17H2,1-6H3,(H,30,35)/t18-,19-,25+/m0/s1. The summed E-state index contributed by atoms with van der Waals surface area (Å²) in [6.45, 7) is 5.07. The van der Waals surface area contributed by atoms with Crippen LogP contribution >= 0.6 is 0 Å². The second-order valence-electron chi connectivity index (χ2n) is 10.1. The monoisotopic (exact) mass is 528 g/mol. The van der Waals surface area contributed by atoms with Crippen LogP contribution in [0.25, 0.3) is 0 Å². The van der Waals surface area contributed by atoms with Gasteiger partial charge in [-0.05, 0) is 57.4 Å². The van der Waals surface area contributed by atoms with E-state index in [1.165, 1.54) is 24.3 Å². The third-order valence-corrected chi connectivity index (χ3v) is 6.58. The van der Waals surface area contributed by atoms with Gasteiger partial charge in [-0.1, -0.05) is 6.92 Å². The third kappa shape index (κ3) is 7.29. The van der Waals surface area contributed by atoms with Crippen molar-refractivity contribution in [3.8, 4) is 5.75 Å². The lowest BCUT2D eigenvalue weighted by atomic mass is 10.0. The fourth-order valence-corrected chi connectivity index (χ4v) is 4.36. The third-order valence-electron chi connectivity index (χ3n) is 6.58. The fourth-order valence-electron chi connectivity index (χ4n) is 4.36. The molecule has 2 aromatic carbocycles. The zero-order valence-electron chi connectivity index (χ0n) is 22.9. The fraction of sp³-hybridized carbons (Fsp3) is 0.464. The van der Waals surface area contributed by atoms with Gasteiger partial charge in [0.15, 0.2) is 0 Å². The predicted octanol–water partition coefficient (Wildman–Crippen LogP) is 2.97. The van der Waals surface area contributed by atoms with Crippen LogP contribution in [0.5, 0.6) is 5.75 Å². The summed E-state index contributed by atoms with van der Waals surface area (Å²) in [5.41, 5.74) is 1.03. The quantitative estimate of drug-likeness (QED) is 0.642. The molecule has 1 heterocycles. The van der Waals surface area contributed by atoms with E-state index in [0.29, 0.717) is 29.9 Å². The van der Waals surface area contributed by atoms with Gasteiger partial charge >= 0.3 is 0 Å². The number of hydrogen-bond acceptors (Lipinski definition) is 6. The highest BCUT2D eigenvalue weighted by atomic mass is 19.1. The van der Waals surface area contributed by atoms with E-state index in [1.54, 1.807) is 42.2 Å². The minimum Gasteiger partial charge on any atom is -0.491 e. The SMILES string of the molecule is CO[C@@H]1CN(C)C(=O)c2ccc(NC(=O)c3ccc(F)cc3)cc2OC[C@H](C)N(C(=O)CN(C)C)C[C@@H]1C. The lowest BCUT2D eigenvalue weighted by Crippen LogP contribution is -2.50. The molecule has 9 nitrogen and oxygen atoms in total. The molecule has 0 aromatic heterocycles. The number of rotatable bonds is 5. The molecule has 0 saturated carbocycles. The van der Waals surface area contributed by atoms with Gasteiger partial charge in [0.05, 0.1) is 24.3 Å². The highest BCUT2D eigenvalue weighted by Gasteiger charge is 2.30. The van der Waals surface area contributed by atoms with Gasteiger partial charge in [0.2, 0.25) is 5.91 Å². The molecule has 0 saturated heterocycles. The summed E-state index contributed by atoms with van der Waals surface area (Å²) < 4.78 is 25.1. The average Bonchev–Trinajstić information content (AvgIpc) is 2.87. The molecule has 1 aliphatic heterocycles. The van der Waals surface area contributed by atoms with E-state index in [4.69, 9.17) is 9.47 Å². The van der Waals surface area contributed by atoms with E-state index >= 15 is 0 Å². The zero-order chi connectivity index (χ0) is 28.0. The molecule has 10 heteroatoms. The molecular formula is C28H37FN4O5. The van der Waals surface area contributed by atoms with Crippen LogP contribution in [0, 0.1) is 11.7 Å². The van der Waals surface area contributed by atoms with Crippen molar-refractivity contribution < 1.29 is 28.2 Å². The van der Waals surface area contributed by atoms with E-state index in [1.807, 2.05) is 32.8 Å². The molecule has 1 N–H and O–H groups in total. The zero-order valence-corrected chi connectivity index (χ0v) is 22.9. The summed E-state index contributed by atoms with van der Waals surface area (Å²) in [5.74, 6) is -0.892. The Kier molecular flexibility index (Phi) is 9.82. The molecule has 0 bridgehead atoms. The molecule has 206 valence electrons. The van der Waals surface area contributed by atoms with Crippen LogP contribution in [0.3, 0.4) is 0 Å². The van der Waals surface area contributed by atoms with Crippen LogP contribution in [0.15, 0.2) is 42.5 Å². The molecule has 0 spiro atoms. The van der Waals surface area contributed by atoms with Crippen molar-refractivity contribution in [3.05, 3.63) is 59.4 Å². The molecule has 3 atom stereocenters. The lowest BCUT2D eigenvalue weighted by molar-refractivity contribution is -0.136. The number of carbonyl (C=O) groups excluding carboxylic acids is 3. The molecule has 1 aliphatic rings. The first-order valence-electron chi connectivity index (χ1n) is 12.6. The minimum absolute atomic E-state index is 0.0326. The summed E-state index contributed by atoms with van der Waals surface area (Å²) in [6, 6.07) is 9.72. The highest BCUT2D eigenvalue weighted by Crippen LogP contribution is 2.27.